The summed E-state index contributed by atoms with van der Waals surface area (Å²) in [5.41, 5.74) is 1.33. The van der Waals surface area contributed by atoms with E-state index in [0.29, 0.717) is 17.3 Å². The summed E-state index contributed by atoms with van der Waals surface area (Å²) in [5.74, 6) is -0.322. The summed E-state index contributed by atoms with van der Waals surface area (Å²) in [4.78, 5) is 14.8. The molecule has 0 heterocycles. The number of halogens is 3. The number of carbonyl (C=O) groups excluding carboxylic acids is 1. The Hall–Kier alpha value is -2.34. The molecule has 156 valence electrons. The zero-order valence-electron chi connectivity index (χ0n) is 16.6. The van der Waals surface area contributed by atoms with Crippen molar-refractivity contribution < 1.29 is 18.0 Å². The van der Waals surface area contributed by atoms with E-state index >= 15 is 0 Å². The van der Waals surface area contributed by atoms with E-state index in [1.807, 2.05) is 24.3 Å². The van der Waals surface area contributed by atoms with Crippen LogP contribution in [0.1, 0.15) is 48.8 Å². The number of anilines is 1. The lowest BCUT2D eigenvalue weighted by molar-refractivity contribution is -0.137. The lowest BCUT2D eigenvalue weighted by Gasteiger charge is -2.31. The molecule has 0 radical (unpaired) electrons. The van der Waals surface area contributed by atoms with Crippen molar-refractivity contribution in [2.75, 3.05) is 12.4 Å². The molecule has 2 aromatic rings. The van der Waals surface area contributed by atoms with Crippen LogP contribution in [0, 0.1) is 0 Å². The Kier molecular flexibility index (Phi) is 6.96. The van der Waals surface area contributed by atoms with Crippen molar-refractivity contribution in [1.29, 1.82) is 0 Å². The van der Waals surface area contributed by atoms with Gasteiger partial charge in [-0.05, 0) is 43.1 Å². The third-order valence-electron chi connectivity index (χ3n) is 5.53. The second-order valence-electron chi connectivity index (χ2n) is 7.79. The molecule has 0 atom stereocenters. The molecule has 0 spiro atoms. The molecule has 0 aliphatic heterocycles. The number of nitrogens with zero attached hydrogens (tertiary/aromatic N) is 1. The summed E-state index contributed by atoms with van der Waals surface area (Å²) in [6.07, 6.45) is 1.68. The van der Waals surface area contributed by atoms with Crippen LogP contribution in [0.15, 0.2) is 48.5 Å². The first-order valence-corrected chi connectivity index (χ1v) is 10.1. The van der Waals surface area contributed by atoms with Gasteiger partial charge in [-0.25, -0.2) is 0 Å². The van der Waals surface area contributed by atoms with Crippen molar-refractivity contribution in [3.63, 3.8) is 0 Å². The van der Waals surface area contributed by atoms with Gasteiger partial charge in [-0.15, -0.1) is 0 Å². The Morgan fingerprint density at radius 2 is 1.79 bits per heavy atom. The first-order chi connectivity index (χ1) is 13.8. The van der Waals surface area contributed by atoms with Gasteiger partial charge in [-0.1, -0.05) is 55.7 Å². The number of para-hydroxylation sites is 1. The van der Waals surface area contributed by atoms with Gasteiger partial charge >= 0.3 is 6.18 Å². The number of alkyl halides is 3. The summed E-state index contributed by atoms with van der Waals surface area (Å²) in [5, 5.41) is 2.88. The average Bonchev–Trinajstić information content (AvgIpc) is 2.69. The minimum Gasteiger partial charge on any atom is -0.325 e. The van der Waals surface area contributed by atoms with E-state index in [4.69, 9.17) is 0 Å². The minimum absolute atomic E-state index is 0.100. The van der Waals surface area contributed by atoms with Crippen LogP contribution in [0.5, 0.6) is 0 Å². The second-order valence-corrected chi connectivity index (χ2v) is 7.79. The van der Waals surface area contributed by atoms with E-state index in [1.165, 1.54) is 44.2 Å². The summed E-state index contributed by atoms with van der Waals surface area (Å²) in [7, 11) is 2.11. The van der Waals surface area contributed by atoms with Crippen molar-refractivity contribution in [3.8, 4) is 0 Å². The van der Waals surface area contributed by atoms with Gasteiger partial charge in [-0.2, -0.15) is 13.2 Å². The fourth-order valence-corrected chi connectivity index (χ4v) is 3.94. The van der Waals surface area contributed by atoms with Crippen molar-refractivity contribution >= 4 is 11.6 Å². The molecule has 0 unspecified atom stereocenters. The Morgan fingerprint density at radius 3 is 2.52 bits per heavy atom. The number of hydrogen-bond donors (Lipinski definition) is 1. The lowest BCUT2D eigenvalue weighted by atomic mass is 9.94. The largest absolute Gasteiger partial charge is 0.416 e. The zero-order chi connectivity index (χ0) is 20.9. The van der Waals surface area contributed by atoms with Crippen LogP contribution in [0.25, 0.3) is 0 Å². The molecular formula is C23H27F3N2O. The molecule has 6 heteroatoms. The van der Waals surface area contributed by atoms with Gasteiger partial charge in [0.25, 0.3) is 0 Å². The molecule has 1 saturated carbocycles. The Balaban J connectivity index is 1.65. The van der Waals surface area contributed by atoms with E-state index in [9.17, 15) is 18.0 Å². The Morgan fingerprint density at radius 1 is 1.07 bits per heavy atom. The Bertz CT molecular complexity index is 829. The maximum Gasteiger partial charge on any atom is 0.416 e. The molecule has 3 nitrogen and oxygen atoms in total. The molecule has 1 aliphatic carbocycles. The first-order valence-electron chi connectivity index (χ1n) is 10.1. The summed E-state index contributed by atoms with van der Waals surface area (Å²) >= 11 is 0. The first kappa shape index (κ1) is 21.4. The molecule has 0 aromatic heterocycles. The number of amides is 1. The second kappa shape index (κ2) is 9.44. The summed E-state index contributed by atoms with van der Waals surface area (Å²) < 4.78 is 38.6. The molecule has 1 fully saturated rings. The predicted octanol–water partition coefficient (Wildman–Crippen LogP) is 5.65. The number of hydrogen-bond acceptors (Lipinski definition) is 2. The van der Waals surface area contributed by atoms with Gasteiger partial charge < -0.3 is 5.32 Å². The van der Waals surface area contributed by atoms with Crippen LogP contribution >= 0.6 is 0 Å². The monoisotopic (exact) mass is 404 g/mol. The smallest absolute Gasteiger partial charge is 0.325 e. The third-order valence-corrected chi connectivity index (χ3v) is 5.53. The Labute approximate surface area is 169 Å². The molecule has 1 N–H and O–H groups in total. The number of carbonyl (C=O) groups is 1. The van der Waals surface area contributed by atoms with Crippen molar-refractivity contribution in [3.05, 3.63) is 65.2 Å². The fourth-order valence-electron chi connectivity index (χ4n) is 3.94. The minimum atomic E-state index is -4.41. The molecule has 3 rings (SSSR count). The highest BCUT2D eigenvalue weighted by atomic mass is 19.4. The van der Waals surface area contributed by atoms with Gasteiger partial charge in [0.15, 0.2) is 0 Å². The van der Waals surface area contributed by atoms with Crippen molar-refractivity contribution in [2.45, 2.75) is 57.3 Å². The zero-order valence-corrected chi connectivity index (χ0v) is 16.6. The fraction of sp³-hybridized carbons (Fsp3) is 0.435. The maximum atomic E-state index is 12.9. The molecule has 29 heavy (non-hydrogen) atoms. The molecular weight excluding hydrogens is 377 g/mol. The van der Waals surface area contributed by atoms with Crippen LogP contribution in [0.2, 0.25) is 0 Å². The molecule has 1 amide bonds. The van der Waals surface area contributed by atoms with Gasteiger partial charge in [0.2, 0.25) is 5.91 Å². The van der Waals surface area contributed by atoms with Crippen molar-refractivity contribution in [2.24, 2.45) is 0 Å². The van der Waals surface area contributed by atoms with Gasteiger partial charge in [0.1, 0.15) is 0 Å². The van der Waals surface area contributed by atoms with E-state index in [1.54, 1.807) is 0 Å². The van der Waals surface area contributed by atoms with E-state index < -0.39 is 11.7 Å². The van der Waals surface area contributed by atoms with Gasteiger partial charge in [0.05, 0.1) is 12.0 Å². The average molecular weight is 404 g/mol. The van der Waals surface area contributed by atoms with E-state index in [-0.39, 0.29) is 12.3 Å². The number of rotatable bonds is 6. The SMILES string of the molecule is CN(Cc1ccccc1NC(=O)Cc1cccc(C(F)(F)F)c1)C1CCCCC1. The van der Waals surface area contributed by atoms with E-state index in [0.717, 1.165) is 24.2 Å². The third kappa shape index (κ3) is 6.07. The van der Waals surface area contributed by atoms with Crippen LogP contribution in [-0.4, -0.2) is 23.9 Å². The highest BCUT2D eigenvalue weighted by molar-refractivity contribution is 5.93. The van der Waals surface area contributed by atoms with Gasteiger partial charge in [0, 0.05) is 18.3 Å². The van der Waals surface area contributed by atoms with Crippen LogP contribution in [0.4, 0.5) is 18.9 Å². The lowest BCUT2D eigenvalue weighted by Crippen LogP contribution is -2.33. The molecule has 0 bridgehead atoms. The maximum absolute atomic E-state index is 12.9. The molecule has 1 aliphatic rings. The highest BCUT2D eigenvalue weighted by Gasteiger charge is 2.30. The van der Waals surface area contributed by atoms with Crippen LogP contribution in [-0.2, 0) is 23.9 Å². The predicted molar refractivity (Wildman–Crippen MR) is 109 cm³/mol. The van der Waals surface area contributed by atoms with Crippen LogP contribution in [0.3, 0.4) is 0 Å². The summed E-state index contributed by atoms with van der Waals surface area (Å²) in [6.45, 7) is 0.727. The van der Waals surface area contributed by atoms with Gasteiger partial charge in [-0.3, -0.25) is 9.69 Å². The van der Waals surface area contributed by atoms with E-state index in [2.05, 4.69) is 17.3 Å². The van der Waals surface area contributed by atoms with Crippen molar-refractivity contribution in [1.82, 2.24) is 4.90 Å². The highest BCUT2D eigenvalue weighted by Crippen LogP contribution is 2.30. The molecule has 2 aromatic carbocycles. The molecule has 0 saturated heterocycles. The number of nitrogens with one attached hydrogen (secondary N) is 1. The van der Waals surface area contributed by atoms with Crippen LogP contribution < -0.4 is 5.32 Å². The quantitative estimate of drug-likeness (QED) is 0.675. The number of benzene rings is 2. The standard InChI is InChI=1S/C23H27F3N2O/c1-28(20-11-3-2-4-12-20)16-18-9-5-6-13-21(18)27-22(29)15-17-8-7-10-19(14-17)23(24,25)26/h5-10,13-14,20H,2-4,11-12,15-16H2,1H3,(H,27,29). The topological polar surface area (TPSA) is 32.3 Å². The summed E-state index contributed by atoms with van der Waals surface area (Å²) in [6, 6.07) is 13.1. The normalized spacial score (nSPS) is 15.5.